The molecule has 0 amide bonds. The van der Waals surface area contributed by atoms with Gasteiger partial charge in [0.1, 0.15) is 11.5 Å². The molecule has 0 atom stereocenters. The fraction of sp³-hybridized carbons (Fsp3) is 0.174. The number of hydrogen-bond donors (Lipinski definition) is 2. The summed E-state index contributed by atoms with van der Waals surface area (Å²) in [6, 6.07) is 16.0. The quantitative estimate of drug-likeness (QED) is 0.286. The number of methoxy groups -OCH3 is 2. The Morgan fingerprint density at radius 2 is 1.51 bits per heavy atom. The Bertz CT molecular complexity index is 1280. The van der Waals surface area contributed by atoms with E-state index in [0.717, 1.165) is 16.9 Å². The van der Waals surface area contributed by atoms with E-state index in [1.807, 2.05) is 12.1 Å². The number of nitrogens with one attached hydrogen (secondary N) is 1. The van der Waals surface area contributed by atoms with Crippen molar-refractivity contribution in [3.63, 3.8) is 0 Å². The van der Waals surface area contributed by atoms with Crippen LogP contribution in [0.1, 0.15) is 11.1 Å². The first kappa shape index (κ1) is 26.8. The van der Waals surface area contributed by atoms with Gasteiger partial charge in [-0.3, -0.25) is 0 Å². The zero-order valence-corrected chi connectivity index (χ0v) is 21.8. The standard InChI is InChI=1S/C15H12Cl3N5O.C8H10ClNO/c1-24-13-6-5-10(16)7-9(13)8-19-15-20-21-22-23(15)12-4-2-3-11(17)14(12)18;1-11-8-3-2-7(9)4-6(8)5-10/h2-7H,8H2,1H3,(H,19,20,22);2-4H,5,10H2,1H3. The van der Waals surface area contributed by atoms with Crippen molar-refractivity contribution < 1.29 is 9.47 Å². The van der Waals surface area contributed by atoms with Crippen molar-refractivity contribution in [2.24, 2.45) is 5.73 Å². The summed E-state index contributed by atoms with van der Waals surface area (Å²) in [5.41, 5.74) is 7.84. The van der Waals surface area contributed by atoms with Gasteiger partial charge in [0.2, 0.25) is 5.95 Å². The van der Waals surface area contributed by atoms with Crippen LogP contribution in [0.2, 0.25) is 20.1 Å². The van der Waals surface area contributed by atoms with Crippen LogP contribution in [0.15, 0.2) is 54.6 Å². The highest BCUT2D eigenvalue weighted by Crippen LogP contribution is 2.29. The molecule has 4 rings (SSSR count). The predicted octanol–water partition coefficient (Wildman–Crippen LogP) is 6.05. The van der Waals surface area contributed by atoms with E-state index in [4.69, 9.17) is 61.6 Å². The topological polar surface area (TPSA) is 100 Å². The molecule has 3 aromatic carbocycles. The Morgan fingerprint density at radius 1 is 0.886 bits per heavy atom. The third-order valence-electron chi connectivity index (χ3n) is 4.77. The smallest absolute Gasteiger partial charge is 0.248 e. The molecule has 0 aliphatic rings. The van der Waals surface area contributed by atoms with E-state index >= 15 is 0 Å². The Hall–Kier alpha value is -2.75. The summed E-state index contributed by atoms with van der Waals surface area (Å²) in [6.45, 7) is 0.867. The summed E-state index contributed by atoms with van der Waals surface area (Å²) in [7, 11) is 3.21. The van der Waals surface area contributed by atoms with Gasteiger partial charge >= 0.3 is 0 Å². The van der Waals surface area contributed by atoms with Crippen molar-refractivity contribution in [1.82, 2.24) is 20.2 Å². The third kappa shape index (κ3) is 6.90. The molecule has 0 spiro atoms. The number of nitrogens with zero attached hydrogens (tertiary/aromatic N) is 4. The minimum Gasteiger partial charge on any atom is -0.496 e. The summed E-state index contributed by atoms with van der Waals surface area (Å²) >= 11 is 24.1. The molecule has 1 aromatic heterocycles. The van der Waals surface area contributed by atoms with Gasteiger partial charge in [0, 0.05) is 34.3 Å². The second-order valence-electron chi connectivity index (χ2n) is 6.96. The molecule has 0 radical (unpaired) electrons. The van der Waals surface area contributed by atoms with Crippen LogP contribution in [0.4, 0.5) is 5.95 Å². The number of ether oxygens (including phenoxy) is 2. The van der Waals surface area contributed by atoms with Crippen LogP contribution in [0.25, 0.3) is 5.69 Å². The van der Waals surface area contributed by atoms with E-state index in [1.165, 1.54) is 4.68 Å². The molecule has 0 bridgehead atoms. The lowest BCUT2D eigenvalue weighted by molar-refractivity contribution is 0.410. The molecule has 8 nitrogen and oxygen atoms in total. The summed E-state index contributed by atoms with van der Waals surface area (Å²) < 4.78 is 11.9. The van der Waals surface area contributed by atoms with Crippen molar-refractivity contribution in [3.8, 4) is 17.2 Å². The van der Waals surface area contributed by atoms with E-state index < -0.39 is 0 Å². The fourth-order valence-corrected chi connectivity index (χ4v) is 3.85. The lowest BCUT2D eigenvalue weighted by Gasteiger charge is -2.11. The zero-order chi connectivity index (χ0) is 25.4. The third-order valence-corrected chi connectivity index (χ3v) is 6.05. The monoisotopic (exact) mass is 554 g/mol. The average molecular weight is 556 g/mol. The molecule has 0 aliphatic heterocycles. The number of aromatic nitrogens is 4. The number of rotatable bonds is 7. The minimum absolute atomic E-state index is 0.370. The molecule has 4 aromatic rings. The van der Waals surface area contributed by atoms with Crippen molar-refractivity contribution in [2.75, 3.05) is 19.5 Å². The van der Waals surface area contributed by atoms with Crippen molar-refractivity contribution in [3.05, 3.63) is 85.8 Å². The summed E-state index contributed by atoms with van der Waals surface area (Å²) in [4.78, 5) is 0. The van der Waals surface area contributed by atoms with E-state index in [2.05, 4.69) is 20.8 Å². The van der Waals surface area contributed by atoms with Gasteiger partial charge in [-0.1, -0.05) is 57.6 Å². The van der Waals surface area contributed by atoms with Crippen LogP contribution in [-0.4, -0.2) is 34.4 Å². The first-order valence-corrected chi connectivity index (χ1v) is 11.7. The van der Waals surface area contributed by atoms with Crippen LogP contribution in [0.3, 0.4) is 0 Å². The van der Waals surface area contributed by atoms with Crippen molar-refractivity contribution in [1.29, 1.82) is 0 Å². The van der Waals surface area contributed by atoms with Crippen LogP contribution in [-0.2, 0) is 13.1 Å². The maximum Gasteiger partial charge on any atom is 0.248 e. The summed E-state index contributed by atoms with van der Waals surface area (Å²) in [5, 5.41) is 16.8. The van der Waals surface area contributed by atoms with Crippen LogP contribution in [0.5, 0.6) is 11.5 Å². The van der Waals surface area contributed by atoms with Crippen LogP contribution >= 0.6 is 46.4 Å². The number of benzene rings is 3. The van der Waals surface area contributed by atoms with Crippen molar-refractivity contribution in [2.45, 2.75) is 13.1 Å². The van der Waals surface area contributed by atoms with E-state index in [0.29, 0.717) is 50.6 Å². The highest BCUT2D eigenvalue weighted by Gasteiger charge is 2.14. The molecule has 3 N–H and O–H groups in total. The maximum atomic E-state index is 6.23. The number of anilines is 1. The molecule has 0 fully saturated rings. The van der Waals surface area contributed by atoms with E-state index in [1.54, 1.807) is 56.7 Å². The van der Waals surface area contributed by atoms with Gasteiger partial charge < -0.3 is 20.5 Å². The van der Waals surface area contributed by atoms with Crippen molar-refractivity contribution >= 4 is 52.4 Å². The van der Waals surface area contributed by atoms with Gasteiger partial charge in [-0.05, 0) is 59.0 Å². The first-order valence-electron chi connectivity index (χ1n) is 10.2. The molecule has 12 heteroatoms. The molecule has 0 saturated carbocycles. The van der Waals surface area contributed by atoms with Crippen LogP contribution in [0, 0.1) is 0 Å². The number of tetrazole rings is 1. The molecular formula is C23H22Cl4N6O2. The first-order chi connectivity index (χ1) is 16.9. The van der Waals surface area contributed by atoms with E-state index in [-0.39, 0.29) is 0 Å². The zero-order valence-electron chi connectivity index (χ0n) is 18.8. The molecular weight excluding hydrogens is 534 g/mol. The van der Waals surface area contributed by atoms with Gasteiger partial charge in [-0.25, -0.2) is 0 Å². The van der Waals surface area contributed by atoms with Crippen LogP contribution < -0.4 is 20.5 Å². The highest BCUT2D eigenvalue weighted by atomic mass is 35.5. The minimum atomic E-state index is 0.370. The second kappa shape index (κ2) is 12.8. The molecule has 0 aliphatic carbocycles. The van der Waals surface area contributed by atoms with Gasteiger partial charge in [-0.2, -0.15) is 4.68 Å². The molecule has 0 unspecified atom stereocenters. The van der Waals surface area contributed by atoms with E-state index in [9.17, 15) is 0 Å². The van der Waals surface area contributed by atoms with Gasteiger partial charge in [0.15, 0.2) is 0 Å². The highest BCUT2D eigenvalue weighted by molar-refractivity contribution is 6.43. The second-order valence-corrected chi connectivity index (χ2v) is 8.62. The number of halogens is 4. The molecule has 35 heavy (non-hydrogen) atoms. The largest absolute Gasteiger partial charge is 0.496 e. The normalized spacial score (nSPS) is 10.4. The number of nitrogens with two attached hydrogens (primary N) is 1. The van der Waals surface area contributed by atoms with Gasteiger partial charge in [0.05, 0.1) is 30.0 Å². The SMILES string of the molecule is COc1ccc(Cl)cc1CN.COc1ccc(Cl)cc1CNc1nnnn1-c1cccc(Cl)c1Cl. The molecule has 1 heterocycles. The molecule has 0 saturated heterocycles. The Morgan fingerprint density at radius 3 is 2.14 bits per heavy atom. The molecule has 184 valence electrons. The Balaban J connectivity index is 0.000000261. The summed E-state index contributed by atoms with van der Waals surface area (Å²) in [6.07, 6.45) is 0. The Labute approximate surface area is 222 Å². The summed E-state index contributed by atoms with van der Waals surface area (Å²) in [5.74, 6) is 1.92. The lowest BCUT2D eigenvalue weighted by atomic mass is 10.2. The lowest BCUT2D eigenvalue weighted by Crippen LogP contribution is -2.08. The number of hydrogen-bond acceptors (Lipinski definition) is 7. The van der Waals surface area contributed by atoms with Gasteiger partial charge in [0.25, 0.3) is 0 Å². The predicted molar refractivity (Wildman–Crippen MR) is 140 cm³/mol. The maximum absolute atomic E-state index is 6.23. The van der Waals surface area contributed by atoms with Gasteiger partial charge in [-0.15, -0.1) is 0 Å². The Kier molecular flexibility index (Phi) is 9.83. The fourth-order valence-electron chi connectivity index (χ4n) is 3.08. The average Bonchev–Trinajstić information content (AvgIpc) is 3.33.